The number of carbonyl (C=O) groups is 1. The number of ether oxygens (including phenoxy) is 3. The molecule has 7 atom stereocenters. The third kappa shape index (κ3) is 11.0. The highest BCUT2D eigenvalue weighted by molar-refractivity contribution is 6.74. The number of carbonyl (C=O) groups excluding carboxylic acids is 1. The lowest BCUT2D eigenvalue weighted by molar-refractivity contribution is -0.177. The molecule has 0 radical (unpaired) electrons. The lowest BCUT2D eigenvalue weighted by Crippen LogP contribution is -2.61. The van der Waals surface area contributed by atoms with Gasteiger partial charge in [-0.3, -0.25) is 0 Å². The zero-order valence-corrected chi connectivity index (χ0v) is 41.4. The van der Waals surface area contributed by atoms with Crippen LogP contribution in [-0.2, 0) is 48.7 Å². The zero-order chi connectivity index (χ0) is 42.6. The molecule has 0 unspecified atom stereocenters. The lowest BCUT2D eigenvalue weighted by atomic mass is 9.80. The number of hydrogen-bond donors (Lipinski definition) is 0. The van der Waals surface area contributed by atoms with Crippen molar-refractivity contribution in [3.8, 4) is 0 Å². The van der Waals surface area contributed by atoms with Crippen molar-refractivity contribution >= 4 is 31.2 Å². The third-order valence-electron chi connectivity index (χ3n) is 13.7. The average molecular weight is 847 g/mol. The van der Waals surface area contributed by atoms with E-state index in [0.29, 0.717) is 25.9 Å². The van der Waals surface area contributed by atoms with Gasteiger partial charge in [-0.25, -0.2) is 4.79 Å². The molecule has 3 heterocycles. The maximum atomic E-state index is 15.0. The van der Waals surface area contributed by atoms with E-state index in [0.717, 1.165) is 35.2 Å². The van der Waals surface area contributed by atoms with Crippen LogP contribution in [0.25, 0.3) is 0 Å². The van der Waals surface area contributed by atoms with Crippen LogP contribution in [0.4, 0.5) is 0 Å². The maximum absolute atomic E-state index is 15.0. The predicted molar refractivity (Wildman–Crippen MR) is 236 cm³/mol. The molecule has 1 fully saturated rings. The molecule has 12 heteroatoms. The Labute approximate surface area is 349 Å². The van der Waals surface area contributed by atoms with E-state index >= 15 is 4.79 Å². The first-order valence-corrected chi connectivity index (χ1v) is 29.2. The van der Waals surface area contributed by atoms with Crippen molar-refractivity contribution in [2.45, 2.75) is 211 Å². The van der Waals surface area contributed by atoms with E-state index in [-0.39, 0.29) is 28.3 Å². The minimum atomic E-state index is -2.84. The summed E-state index contributed by atoms with van der Waals surface area (Å²) in [5.74, 6) is 1.14. The van der Waals surface area contributed by atoms with Gasteiger partial charge in [0.25, 0.3) is 0 Å². The molecule has 324 valence electrons. The molecule has 1 saturated heterocycles. The zero-order valence-electron chi connectivity index (χ0n) is 38.4. The largest absolute Gasteiger partial charge is 0.463 e. The van der Waals surface area contributed by atoms with E-state index in [1.165, 1.54) is 0 Å². The van der Waals surface area contributed by atoms with Gasteiger partial charge in [-0.15, -0.1) is 0 Å². The molecule has 0 amide bonds. The minimum absolute atomic E-state index is 0.174. The summed E-state index contributed by atoms with van der Waals surface area (Å²) in [6.07, 6.45) is -2.25. The van der Waals surface area contributed by atoms with Gasteiger partial charge < -0.3 is 36.3 Å². The van der Waals surface area contributed by atoms with Crippen LogP contribution in [-0.4, -0.2) is 74.9 Å². The van der Waals surface area contributed by atoms with Crippen LogP contribution in [0.5, 0.6) is 0 Å². The fraction of sp³-hybridized carbons (Fsp3) is 0.756. The monoisotopic (exact) mass is 846 g/mol. The Hall–Kier alpha value is -1.62. The van der Waals surface area contributed by atoms with Crippen molar-refractivity contribution < 1.29 is 41.1 Å². The van der Waals surface area contributed by atoms with Gasteiger partial charge in [0, 0.05) is 25.4 Å². The molecule has 2 aromatic rings. The Morgan fingerprint density at radius 2 is 1.47 bits per heavy atom. The molecule has 4 bridgehead atoms. The van der Waals surface area contributed by atoms with Crippen molar-refractivity contribution in [2.24, 2.45) is 0 Å². The normalized spacial score (nSPS) is 26.8. The molecule has 1 aromatic carbocycles. The minimum Gasteiger partial charge on any atom is -0.463 e. The number of rotatable bonds is 14. The molecule has 4 rings (SSSR count). The number of esters is 1. The number of benzene rings is 1. The highest BCUT2D eigenvalue weighted by Crippen LogP contribution is 2.48. The van der Waals surface area contributed by atoms with Crippen molar-refractivity contribution in [3.63, 3.8) is 0 Å². The van der Waals surface area contributed by atoms with Gasteiger partial charge in [0.1, 0.15) is 23.7 Å². The number of cyclic esters (lactones) is 1. The first-order chi connectivity index (χ1) is 26.6. The molecular formula is C45H78O9Si3. The Bertz CT molecular complexity index is 1530. The first-order valence-electron chi connectivity index (χ1n) is 21.8. The molecule has 2 aliphatic rings. The number of methoxy groups -OCH3 is 1. The Balaban J connectivity index is 1.92. The third-order valence-corrected chi connectivity index (χ3v) is 27.3. The Kier molecular flexibility index (Phi) is 16.4. The van der Waals surface area contributed by atoms with Gasteiger partial charge in [-0.05, 0) is 78.4 Å². The molecule has 0 aliphatic carbocycles. The second-order valence-corrected chi connectivity index (χ2v) is 33.1. The quantitative estimate of drug-likeness (QED) is 0.136. The second-order valence-electron chi connectivity index (χ2n) is 19.4. The van der Waals surface area contributed by atoms with Gasteiger partial charge in [-0.1, -0.05) is 113 Å². The maximum Gasteiger partial charge on any atom is 0.343 e. The highest BCUT2D eigenvalue weighted by atomic mass is 28.4. The fourth-order valence-electron chi connectivity index (χ4n) is 8.24. The molecule has 57 heavy (non-hydrogen) atoms. The smallest absolute Gasteiger partial charge is 0.343 e. The lowest BCUT2D eigenvalue weighted by Gasteiger charge is -2.51. The molecular weight excluding hydrogens is 769 g/mol. The van der Waals surface area contributed by atoms with Crippen LogP contribution in [0.15, 0.2) is 46.9 Å². The van der Waals surface area contributed by atoms with E-state index in [1.807, 2.05) is 37.3 Å². The average Bonchev–Trinajstić information content (AvgIpc) is 3.67. The number of fused-ring (bicyclic) bond motifs is 4. The SMILES string of the molecule is CC[Si](CC)(CC)O[C@H]1C[C@@H](OC)[C@H](O[Si](C)(C)C(C)(C)C)C(=O)O[C@H]([C@H](C)OCc2ccccc2)C[C@@H]2C[C@H](O[Si](C(C)C)(C(C)C)O2)C(C)(C)c2ccc1o2. The van der Waals surface area contributed by atoms with Gasteiger partial charge in [0.2, 0.25) is 0 Å². The van der Waals surface area contributed by atoms with Gasteiger partial charge in [0.05, 0.1) is 31.0 Å². The van der Waals surface area contributed by atoms with Crippen molar-refractivity contribution in [2.75, 3.05) is 7.11 Å². The summed E-state index contributed by atoms with van der Waals surface area (Å²) in [7, 11) is -5.91. The fourth-order valence-corrected chi connectivity index (χ4v) is 16.3. The highest BCUT2D eigenvalue weighted by Gasteiger charge is 2.56. The van der Waals surface area contributed by atoms with Crippen molar-refractivity contribution in [3.05, 3.63) is 59.5 Å². The topological polar surface area (TPSA) is 94.8 Å². The summed E-state index contributed by atoms with van der Waals surface area (Å²) in [6, 6.07) is 17.2. The van der Waals surface area contributed by atoms with Crippen LogP contribution in [0.2, 0.25) is 47.3 Å². The summed E-state index contributed by atoms with van der Waals surface area (Å²) in [5, 5.41) is -0.174. The summed E-state index contributed by atoms with van der Waals surface area (Å²) in [4.78, 5) is 15.0. The van der Waals surface area contributed by atoms with Crippen LogP contribution < -0.4 is 0 Å². The Morgan fingerprint density at radius 3 is 2.02 bits per heavy atom. The summed E-state index contributed by atoms with van der Waals surface area (Å²) >= 11 is 0. The molecule has 0 N–H and O–H groups in total. The van der Waals surface area contributed by atoms with E-state index in [1.54, 1.807) is 7.11 Å². The summed E-state index contributed by atoms with van der Waals surface area (Å²) in [5.41, 5.74) is 0.908. The van der Waals surface area contributed by atoms with Crippen LogP contribution in [0, 0.1) is 0 Å². The van der Waals surface area contributed by atoms with E-state index in [4.69, 9.17) is 36.3 Å². The molecule has 1 aromatic heterocycles. The van der Waals surface area contributed by atoms with E-state index in [9.17, 15) is 0 Å². The Morgan fingerprint density at radius 1 is 0.860 bits per heavy atom. The standard InChI is InChI=1S/C45H78O9Si3/c1-17-56(18-2,19-3)52-38-29-39(47-14)42(54-55(15,16)44(9,10)11)43(46)50-37(33(8)48-30-34-23-21-20-22-24-34)27-35-28-41(45(12,13)40-26-25-36(38)49-40)53-57(51-35,31(4)5)32(6)7/h20-26,31-33,35,37-39,41-42H,17-19,27-30H2,1-16H3/t33-,35+,37-,38-,39+,41-,42-/m0/s1. The molecule has 0 saturated carbocycles. The van der Waals surface area contributed by atoms with Gasteiger partial charge in [-0.2, -0.15) is 0 Å². The van der Waals surface area contributed by atoms with Gasteiger partial charge >= 0.3 is 14.5 Å². The molecule has 2 aliphatic heterocycles. The van der Waals surface area contributed by atoms with Crippen LogP contribution in [0.3, 0.4) is 0 Å². The number of furan rings is 1. The predicted octanol–water partition coefficient (Wildman–Crippen LogP) is 11.8. The van der Waals surface area contributed by atoms with Gasteiger partial charge in [0.15, 0.2) is 22.7 Å². The van der Waals surface area contributed by atoms with Crippen LogP contribution in [0.1, 0.15) is 132 Å². The number of hydrogen-bond acceptors (Lipinski definition) is 9. The van der Waals surface area contributed by atoms with E-state index < -0.39 is 67.1 Å². The summed E-state index contributed by atoms with van der Waals surface area (Å²) in [6.45, 7) is 33.3. The van der Waals surface area contributed by atoms with Crippen molar-refractivity contribution in [1.82, 2.24) is 0 Å². The van der Waals surface area contributed by atoms with Crippen molar-refractivity contribution in [1.29, 1.82) is 0 Å². The van der Waals surface area contributed by atoms with Crippen LogP contribution >= 0.6 is 0 Å². The van der Waals surface area contributed by atoms with E-state index in [2.05, 4.69) is 108 Å². The molecule has 9 nitrogen and oxygen atoms in total. The summed E-state index contributed by atoms with van der Waals surface area (Å²) < 4.78 is 55.5. The molecule has 0 spiro atoms. The first kappa shape index (κ1) is 48.1. The second kappa shape index (κ2) is 19.4.